The molecule has 0 bridgehead atoms. The van der Waals surface area contributed by atoms with E-state index >= 15 is 0 Å². The van der Waals surface area contributed by atoms with Crippen molar-refractivity contribution in [1.29, 1.82) is 0 Å². The molecule has 2 aromatic heterocycles. The molecule has 0 unspecified atom stereocenters. The molecule has 3 heterocycles. The van der Waals surface area contributed by atoms with Gasteiger partial charge in [0, 0.05) is 54.6 Å². The molecule has 33 heavy (non-hydrogen) atoms. The summed E-state index contributed by atoms with van der Waals surface area (Å²) >= 11 is 0. The van der Waals surface area contributed by atoms with Crippen LogP contribution in [-0.4, -0.2) is 57.0 Å². The number of rotatable bonds is 5. The van der Waals surface area contributed by atoms with Crippen molar-refractivity contribution in [2.75, 3.05) is 25.5 Å². The van der Waals surface area contributed by atoms with Crippen molar-refractivity contribution in [3.8, 4) is 16.9 Å². The largest absolute Gasteiger partial charge is 0.490 e. The van der Waals surface area contributed by atoms with Gasteiger partial charge >= 0.3 is 0 Å². The first kappa shape index (κ1) is 21.1. The number of halogens is 1. The summed E-state index contributed by atoms with van der Waals surface area (Å²) in [7, 11) is 3.88. The van der Waals surface area contributed by atoms with Crippen LogP contribution < -0.4 is 10.1 Å². The van der Waals surface area contributed by atoms with Crippen LogP contribution >= 0.6 is 0 Å². The lowest BCUT2D eigenvalue weighted by Crippen LogP contribution is -2.35. The number of aryl methyl sites for hydroxylation is 1. The molecular formula is C24H25FN6O2. The molecular weight excluding hydrogens is 423 g/mol. The Morgan fingerprint density at radius 3 is 2.64 bits per heavy atom. The molecule has 4 aromatic rings. The number of likely N-dealkylation sites (tertiary alicyclic amines) is 1. The Bertz CT molecular complexity index is 1290. The lowest BCUT2D eigenvalue weighted by Gasteiger charge is -2.29. The fourth-order valence-corrected chi connectivity index (χ4v) is 4.09. The summed E-state index contributed by atoms with van der Waals surface area (Å²) in [4.78, 5) is 15.2. The number of aromatic nitrogens is 4. The van der Waals surface area contributed by atoms with Crippen LogP contribution in [0.15, 0.2) is 48.8 Å². The van der Waals surface area contributed by atoms with E-state index in [2.05, 4.69) is 32.6 Å². The third-order valence-corrected chi connectivity index (χ3v) is 5.96. The Kier molecular flexibility index (Phi) is 5.55. The third-order valence-electron chi connectivity index (χ3n) is 5.96. The average molecular weight is 449 g/mol. The van der Waals surface area contributed by atoms with Gasteiger partial charge in [0.15, 0.2) is 5.69 Å². The fourth-order valence-electron chi connectivity index (χ4n) is 4.09. The second kappa shape index (κ2) is 8.67. The van der Waals surface area contributed by atoms with Gasteiger partial charge in [0.05, 0.1) is 11.7 Å². The lowest BCUT2D eigenvalue weighted by atomic mass is 10.0. The molecule has 2 aromatic carbocycles. The van der Waals surface area contributed by atoms with Gasteiger partial charge in [-0.2, -0.15) is 10.2 Å². The number of H-pyrrole nitrogens is 1. The van der Waals surface area contributed by atoms with Crippen LogP contribution in [0.4, 0.5) is 10.1 Å². The van der Waals surface area contributed by atoms with Crippen molar-refractivity contribution < 1.29 is 13.9 Å². The maximum absolute atomic E-state index is 14.6. The minimum atomic E-state index is -0.411. The van der Waals surface area contributed by atoms with Crippen molar-refractivity contribution in [3.63, 3.8) is 0 Å². The second-order valence-electron chi connectivity index (χ2n) is 8.45. The summed E-state index contributed by atoms with van der Waals surface area (Å²) in [5.74, 6) is -0.00959. The molecule has 1 aliphatic heterocycles. The molecule has 0 aliphatic carbocycles. The monoisotopic (exact) mass is 448 g/mol. The van der Waals surface area contributed by atoms with Crippen molar-refractivity contribution in [1.82, 2.24) is 24.9 Å². The summed E-state index contributed by atoms with van der Waals surface area (Å²) < 4.78 is 22.3. The van der Waals surface area contributed by atoms with Crippen LogP contribution in [-0.2, 0) is 7.05 Å². The quantitative estimate of drug-likeness (QED) is 0.485. The van der Waals surface area contributed by atoms with Gasteiger partial charge in [-0.05, 0) is 50.2 Å². The number of carbonyl (C=O) groups is 1. The molecule has 5 rings (SSSR count). The number of fused-ring (bicyclic) bond motifs is 1. The summed E-state index contributed by atoms with van der Waals surface area (Å²) in [6.07, 6.45) is 5.52. The van der Waals surface area contributed by atoms with E-state index in [0.717, 1.165) is 31.7 Å². The first-order chi connectivity index (χ1) is 16.0. The van der Waals surface area contributed by atoms with Crippen LogP contribution in [0.1, 0.15) is 23.3 Å². The SMILES string of the molecule is CN1CCC(Oc2ccc(NC(=O)c3n[nH]c4cc(F)c(-c5cnn(C)c5)cc34)cc2)CC1. The van der Waals surface area contributed by atoms with E-state index in [9.17, 15) is 9.18 Å². The number of piperidine rings is 1. The highest BCUT2D eigenvalue weighted by atomic mass is 19.1. The Balaban J connectivity index is 1.32. The van der Waals surface area contributed by atoms with Crippen LogP contribution in [0.25, 0.3) is 22.0 Å². The average Bonchev–Trinajstić information content (AvgIpc) is 3.42. The van der Waals surface area contributed by atoms with Gasteiger partial charge < -0.3 is 15.0 Å². The van der Waals surface area contributed by atoms with Gasteiger partial charge in [-0.1, -0.05) is 0 Å². The van der Waals surface area contributed by atoms with E-state index in [1.165, 1.54) is 6.07 Å². The number of benzene rings is 2. The van der Waals surface area contributed by atoms with Gasteiger partial charge in [-0.15, -0.1) is 0 Å². The molecule has 9 heteroatoms. The summed E-state index contributed by atoms with van der Waals surface area (Å²) in [6, 6.07) is 10.3. The first-order valence-corrected chi connectivity index (χ1v) is 10.9. The van der Waals surface area contributed by atoms with Crippen molar-refractivity contribution in [3.05, 3.63) is 60.3 Å². The van der Waals surface area contributed by atoms with Crippen LogP contribution in [0.3, 0.4) is 0 Å². The topological polar surface area (TPSA) is 88.1 Å². The molecule has 0 atom stereocenters. The minimum absolute atomic E-state index is 0.196. The summed E-state index contributed by atoms with van der Waals surface area (Å²) in [5, 5.41) is 14.4. The summed E-state index contributed by atoms with van der Waals surface area (Å²) in [6.45, 7) is 2.06. The zero-order chi connectivity index (χ0) is 22.9. The Labute approximate surface area is 190 Å². The number of hydrogen-bond acceptors (Lipinski definition) is 5. The van der Waals surface area contributed by atoms with Crippen molar-refractivity contribution in [2.24, 2.45) is 7.05 Å². The zero-order valence-electron chi connectivity index (χ0n) is 18.5. The van der Waals surface area contributed by atoms with Gasteiger partial charge in [0.2, 0.25) is 0 Å². The van der Waals surface area contributed by atoms with Crippen molar-refractivity contribution in [2.45, 2.75) is 18.9 Å². The van der Waals surface area contributed by atoms with E-state index in [1.807, 2.05) is 12.1 Å². The van der Waals surface area contributed by atoms with Gasteiger partial charge in [-0.25, -0.2) is 4.39 Å². The predicted octanol–water partition coefficient (Wildman–Crippen LogP) is 3.83. The van der Waals surface area contributed by atoms with E-state index < -0.39 is 5.82 Å². The number of aromatic amines is 1. The predicted molar refractivity (Wildman–Crippen MR) is 124 cm³/mol. The molecule has 8 nitrogen and oxygen atoms in total. The molecule has 1 fully saturated rings. The van der Waals surface area contributed by atoms with E-state index in [1.54, 1.807) is 42.3 Å². The molecule has 1 aliphatic rings. The normalized spacial score (nSPS) is 15.1. The molecule has 170 valence electrons. The number of ether oxygens (including phenoxy) is 1. The first-order valence-electron chi connectivity index (χ1n) is 10.9. The van der Waals surface area contributed by atoms with Gasteiger partial charge in [0.25, 0.3) is 5.91 Å². The Hall–Kier alpha value is -3.72. The van der Waals surface area contributed by atoms with E-state index in [-0.39, 0.29) is 17.7 Å². The van der Waals surface area contributed by atoms with E-state index in [4.69, 9.17) is 4.74 Å². The van der Waals surface area contributed by atoms with Crippen molar-refractivity contribution >= 4 is 22.5 Å². The molecule has 1 saturated heterocycles. The maximum atomic E-state index is 14.6. The van der Waals surface area contributed by atoms with Gasteiger partial charge in [-0.3, -0.25) is 14.6 Å². The highest BCUT2D eigenvalue weighted by Gasteiger charge is 2.19. The molecule has 1 amide bonds. The molecule has 0 spiro atoms. The number of hydrogen-bond donors (Lipinski definition) is 2. The van der Waals surface area contributed by atoms with Crippen LogP contribution in [0, 0.1) is 5.82 Å². The maximum Gasteiger partial charge on any atom is 0.276 e. The van der Waals surface area contributed by atoms with Crippen LogP contribution in [0.5, 0.6) is 5.75 Å². The second-order valence-corrected chi connectivity index (χ2v) is 8.45. The van der Waals surface area contributed by atoms with Gasteiger partial charge in [0.1, 0.15) is 17.7 Å². The third kappa shape index (κ3) is 4.45. The summed E-state index contributed by atoms with van der Waals surface area (Å²) in [5.41, 5.74) is 2.27. The fraction of sp³-hybridized carbons (Fsp3) is 0.292. The minimum Gasteiger partial charge on any atom is -0.490 e. The number of nitrogens with zero attached hydrogens (tertiary/aromatic N) is 4. The standard InChI is InChI=1S/C24H25FN6O2/c1-30-9-7-18(8-10-30)33-17-5-3-16(4-6-17)27-24(32)23-20-11-19(15-13-26-31(2)14-15)21(25)12-22(20)28-29-23/h3-6,11-14,18H,7-10H2,1-2H3,(H,27,32)(H,28,29). The molecule has 0 saturated carbocycles. The number of anilines is 1. The molecule has 0 radical (unpaired) electrons. The highest BCUT2D eigenvalue weighted by molar-refractivity contribution is 6.11. The highest BCUT2D eigenvalue weighted by Crippen LogP contribution is 2.29. The molecule has 2 N–H and O–H groups in total. The Morgan fingerprint density at radius 2 is 1.94 bits per heavy atom. The number of amides is 1. The zero-order valence-corrected chi connectivity index (χ0v) is 18.5. The Morgan fingerprint density at radius 1 is 1.18 bits per heavy atom. The lowest BCUT2D eigenvalue weighted by molar-refractivity contribution is 0.102. The smallest absolute Gasteiger partial charge is 0.276 e. The van der Waals surface area contributed by atoms with Crippen LogP contribution in [0.2, 0.25) is 0 Å². The number of nitrogens with one attached hydrogen (secondary N) is 2. The number of carbonyl (C=O) groups excluding carboxylic acids is 1. The van der Waals surface area contributed by atoms with E-state index in [0.29, 0.717) is 27.7 Å².